The zero-order valence-corrected chi connectivity index (χ0v) is 8.28. The summed E-state index contributed by atoms with van der Waals surface area (Å²) in [6.07, 6.45) is 0.955. The molecule has 0 fully saturated rings. The van der Waals surface area contributed by atoms with Crippen LogP contribution in [0.5, 0.6) is 5.75 Å². The molecular formula is C12H9NO2. The van der Waals surface area contributed by atoms with E-state index in [1.807, 2.05) is 6.07 Å². The second kappa shape index (κ2) is 5.47. The van der Waals surface area contributed by atoms with Crippen molar-refractivity contribution < 1.29 is 9.53 Å². The van der Waals surface area contributed by atoms with Crippen LogP contribution in [-0.2, 0) is 4.79 Å². The van der Waals surface area contributed by atoms with Gasteiger partial charge in [0.25, 0.3) is 0 Å². The first-order valence-electron chi connectivity index (χ1n) is 4.32. The average molecular weight is 199 g/mol. The van der Waals surface area contributed by atoms with E-state index in [1.165, 1.54) is 7.11 Å². The Morgan fingerprint density at radius 2 is 2.33 bits per heavy atom. The molecule has 0 heterocycles. The van der Waals surface area contributed by atoms with Crippen LogP contribution in [0.1, 0.15) is 17.5 Å². The maximum Gasteiger partial charge on any atom is 0.137 e. The Balaban J connectivity index is 3.00. The molecule has 0 unspecified atom stereocenters. The Bertz CT molecular complexity index is 461. The number of hydrogen-bond acceptors (Lipinski definition) is 3. The summed E-state index contributed by atoms with van der Waals surface area (Å²) in [4.78, 5) is 10.0. The minimum Gasteiger partial charge on any atom is -0.495 e. The number of benzene rings is 1. The summed E-state index contributed by atoms with van der Waals surface area (Å²) < 4.78 is 5.02. The molecule has 15 heavy (non-hydrogen) atoms. The van der Waals surface area contributed by atoms with Crippen molar-refractivity contribution in [3.05, 3.63) is 29.3 Å². The Kier molecular flexibility index (Phi) is 3.94. The van der Waals surface area contributed by atoms with Crippen molar-refractivity contribution in [1.29, 1.82) is 5.26 Å². The van der Waals surface area contributed by atoms with Gasteiger partial charge >= 0.3 is 0 Å². The van der Waals surface area contributed by atoms with E-state index in [2.05, 4.69) is 11.8 Å². The van der Waals surface area contributed by atoms with Gasteiger partial charge in [0.2, 0.25) is 0 Å². The van der Waals surface area contributed by atoms with Gasteiger partial charge in [0.15, 0.2) is 0 Å². The van der Waals surface area contributed by atoms with E-state index in [0.29, 0.717) is 11.3 Å². The summed E-state index contributed by atoms with van der Waals surface area (Å²) in [6.45, 7) is 0. The summed E-state index contributed by atoms with van der Waals surface area (Å²) in [7, 11) is 1.50. The van der Waals surface area contributed by atoms with Gasteiger partial charge in [-0.05, 0) is 18.2 Å². The summed E-state index contributed by atoms with van der Waals surface area (Å²) in [5.41, 5.74) is 1.20. The van der Waals surface area contributed by atoms with Gasteiger partial charge in [-0.2, -0.15) is 5.26 Å². The minimum atomic E-state index is 0.211. The van der Waals surface area contributed by atoms with Gasteiger partial charge in [-0.25, -0.2) is 0 Å². The highest BCUT2D eigenvalue weighted by molar-refractivity contribution is 5.56. The van der Waals surface area contributed by atoms with Crippen molar-refractivity contribution in [3.8, 4) is 23.7 Å². The lowest BCUT2D eigenvalue weighted by Crippen LogP contribution is -1.88. The molecule has 3 heteroatoms. The molecule has 0 bridgehead atoms. The third-order valence-corrected chi connectivity index (χ3v) is 1.74. The first-order valence-corrected chi connectivity index (χ1v) is 4.32. The summed E-state index contributed by atoms with van der Waals surface area (Å²) in [5.74, 6) is 5.98. The number of carbonyl (C=O) groups is 1. The van der Waals surface area contributed by atoms with Crippen LogP contribution in [0, 0.1) is 23.2 Å². The minimum absolute atomic E-state index is 0.211. The quantitative estimate of drug-likeness (QED) is 0.535. The largest absolute Gasteiger partial charge is 0.495 e. The van der Waals surface area contributed by atoms with Gasteiger partial charge in [-0.1, -0.05) is 11.8 Å². The summed E-state index contributed by atoms with van der Waals surface area (Å²) in [5, 5.41) is 8.74. The standard InChI is InChI=1S/C12H9NO2/c1-15-12-8-10(4-2-3-7-14)5-6-11(12)9-13/h5-8H,3H2,1H3. The van der Waals surface area contributed by atoms with E-state index >= 15 is 0 Å². The molecule has 0 aliphatic carbocycles. The van der Waals surface area contributed by atoms with Gasteiger partial charge < -0.3 is 9.53 Å². The van der Waals surface area contributed by atoms with E-state index in [4.69, 9.17) is 10.00 Å². The molecule has 3 nitrogen and oxygen atoms in total. The van der Waals surface area contributed by atoms with Crippen molar-refractivity contribution in [2.45, 2.75) is 6.42 Å². The predicted molar refractivity (Wildman–Crippen MR) is 55.3 cm³/mol. The SMILES string of the molecule is COc1cc(C#CCC=O)ccc1C#N. The van der Waals surface area contributed by atoms with Crippen LogP contribution in [-0.4, -0.2) is 13.4 Å². The molecule has 0 aromatic heterocycles. The van der Waals surface area contributed by atoms with Crippen molar-refractivity contribution in [3.63, 3.8) is 0 Å². The van der Waals surface area contributed by atoms with E-state index in [9.17, 15) is 4.79 Å². The number of hydrogen-bond donors (Lipinski definition) is 0. The van der Waals surface area contributed by atoms with Crippen LogP contribution in [0.2, 0.25) is 0 Å². The van der Waals surface area contributed by atoms with E-state index in [0.717, 1.165) is 11.8 Å². The second-order valence-corrected chi connectivity index (χ2v) is 2.70. The topological polar surface area (TPSA) is 50.1 Å². The molecule has 0 N–H and O–H groups in total. The van der Waals surface area contributed by atoms with Crippen LogP contribution >= 0.6 is 0 Å². The van der Waals surface area contributed by atoms with Gasteiger partial charge in [-0.15, -0.1) is 0 Å². The molecule has 0 atom stereocenters. The Morgan fingerprint density at radius 1 is 1.53 bits per heavy atom. The van der Waals surface area contributed by atoms with Crippen LogP contribution in [0.15, 0.2) is 18.2 Å². The van der Waals surface area contributed by atoms with E-state index < -0.39 is 0 Å². The number of nitriles is 1. The fourth-order valence-corrected chi connectivity index (χ4v) is 1.06. The highest BCUT2D eigenvalue weighted by Crippen LogP contribution is 2.18. The molecule has 0 amide bonds. The molecule has 1 aromatic carbocycles. The number of ether oxygens (including phenoxy) is 1. The summed E-state index contributed by atoms with van der Waals surface area (Å²) >= 11 is 0. The molecule has 1 rings (SSSR count). The van der Waals surface area contributed by atoms with Crippen LogP contribution in [0.25, 0.3) is 0 Å². The molecule has 0 saturated carbocycles. The van der Waals surface area contributed by atoms with Gasteiger partial charge in [0.1, 0.15) is 18.1 Å². The van der Waals surface area contributed by atoms with Gasteiger partial charge in [-0.3, -0.25) is 0 Å². The number of aldehydes is 1. The molecule has 1 aromatic rings. The lowest BCUT2D eigenvalue weighted by atomic mass is 10.1. The zero-order chi connectivity index (χ0) is 11.1. The van der Waals surface area contributed by atoms with Crippen LogP contribution < -0.4 is 4.74 Å². The first-order chi connectivity index (χ1) is 7.31. The Morgan fingerprint density at radius 3 is 2.93 bits per heavy atom. The molecule has 0 radical (unpaired) electrons. The number of carbonyl (C=O) groups excluding carboxylic acids is 1. The molecule has 0 aliphatic heterocycles. The van der Waals surface area contributed by atoms with E-state index in [1.54, 1.807) is 18.2 Å². The molecule has 0 saturated heterocycles. The Hall–Kier alpha value is -2.26. The van der Waals surface area contributed by atoms with Crippen molar-refractivity contribution in [2.24, 2.45) is 0 Å². The summed E-state index contributed by atoms with van der Waals surface area (Å²) in [6, 6.07) is 7.05. The van der Waals surface area contributed by atoms with Gasteiger partial charge in [0, 0.05) is 5.56 Å². The molecular weight excluding hydrogens is 190 g/mol. The van der Waals surface area contributed by atoms with E-state index in [-0.39, 0.29) is 6.42 Å². The zero-order valence-electron chi connectivity index (χ0n) is 8.28. The fraction of sp³-hybridized carbons (Fsp3) is 0.167. The number of methoxy groups -OCH3 is 1. The van der Waals surface area contributed by atoms with Crippen molar-refractivity contribution in [1.82, 2.24) is 0 Å². The monoisotopic (exact) mass is 199 g/mol. The number of rotatable bonds is 2. The second-order valence-electron chi connectivity index (χ2n) is 2.70. The van der Waals surface area contributed by atoms with Crippen molar-refractivity contribution >= 4 is 6.29 Å². The number of nitrogens with zero attached hydrogens (tertiary/aromatic N) is 1. The predicted octanol–water partition coefficient (Wildman–Crippen LogP) is 1.51. The highest BCUT2D eigenvalue weighted by Gasteiger charge is 2.01. The normalized spacial score (nSPS) is 8.27. The maximum absolute atomic E-state index is 10.0. The Labute approximate surface area is 88.3 Å². The molecule has 0 aliphatic rings. The third-order valence-electron chi connectivity index (χ3n) is 1.74. The van der Waals surface area contributed by atoms with Crippen LogP contribution in [0.3, 0.4) is 0 Å². The molecule has 74 valence electrons. The maximum atomic E-state index is 10.0. The smallest absolute Gasteiger partial charge is 0.137 e. The van der Waals surface area contributed by atoms with Crippen molar-refractivity contribution in [2.75, 3.05) is 7.11 Å². The lowest BCUT2D eigenvalue weighted by molar-refractivity contribution is -0.107. The van der Waals surface area contributed by atoms with Crippen LogP contribution in [0.4, 0.5) is 0 Å². The highest BCUT2D eigenvalue weighted by atomic mass is 16.5. The first kappa shape index (κ1) is 10.8. The van der Waals surface area contributed by atoms with Gasteiger partial charge in [0.05, 0.1) is 19.1 Å². The average Bonchev–Trinajstić information content (AvgIpc) is 2.29. The fourth-order valence-electron chi connectivity index (χ4n) is 1.06. The lowest BCUT2D eigenvalue weighted by Gasteiger charge is -2.01. The molecule has 0 spiro atoms. The third kappa shape index (κ3) is 2.86.